The minimum atomic E-state index is -4.60. The van der Waals surface area contributed by atoms with Gasteiger partial charge in [-0.15, -0.1) is 0 Å². The second kappa shape index (κ2) is 16.8. The molecule has 0 saturated heterocycles. The number of hydrogen-bond donors (Lipinski definition) is 2. The van der Waals surface area contributed by atoms with Crippen molar-refractivity contribution in [3.63, 3.8) is 0 Å². The number of benzene rings is 3. The van der Waals surface area contributed by atoms with Gasteiger partial charge < -0.3 is 24.2 Å². The highest BCUT2D eigenvalue weighted by atomic mass is 31.2. The molecule has 0 heterocycles. The summed E-state index contributed by atoms with van der Waals surface area (Å²) in [5.74, 6) is 1.49. The highest BCUT2D eigenvalue weighted by Gasteiger charge is 2.18. The van der Waals surface area contributed by atoms with Crippen LogP contribution in [0.2, 0.25) is 0 Å². The van der Waals surface area contributed by atoms with E-state index in [1.807, 2.05) is 42.5 Å². The number of carbonyl (C=O) groups is 1. The smallest absolute Gasteiger partial charge is 0.469 e. The van der Waals surface area contributed by atoms with Gasteiger partial charge in [-0.1, -0.05) is 54.6 Å². The molecule has 3 aromatic carbocycles. The minimum Gasteiger partial charge on any atom is -0.497 e. The SMILES string of the molecule is COc1ccc(CN(CCOP(=O)(O)O)C(=O)CCCCc2cccc(OCCCCc3ccccc3)c2)cc1. The highest BCUT2D eigenvalue weighted by molar-refractivity contribution is 7.46. The van der Waals surface area contributed by atoms with E-state index in [0.29, 0.717) is 31.7 Å². The van der Waals surface area contributed by atoms with Crippen molar-refractivity contribution in [1.82, 2.24) is 4.90 Å². The zero-order valence-electron chi connectivity index (χ0n) is 23.1. The summed E-state index contributed by atoms with van der Waals surface area (Å²) in [6.07, 6.45) is 5.83. The van der Waals surface area contributed by atoms with Gasteiger partial charge in [0.1, 0.15) is 11.5 Å². The average Bonchev–Trinajstić information content (AvgIpc) is 2.95. The van der Waals surface area contributed by atoms with Gasteiger partial charge in [0.2, 0.25) is 5.91 Å². The van der Waals surface area contributed by atoms with E-state index in [1.54, 1.807) is 12.0 Å². The predicted molar refractivity (Wildman–Crippen MR) is 155 cm³/mol. The van der Waals surface area contributed by atoms with Gasteiger partial charge in [-0.25, -0.2) is 4.57 Å². The molecule has 0 atom stereocenters. The zero-order chi connectivity index (χ0) is 28.6. The monoisotopic (exact) mass is 569 g/mol. The lowest BCUT2D eigenvalue weighted by atomic mass is 10.1. The van der Waals surface area contributed by atoms with Gasteiger partial charge >= 0.3 is 7.82 Å². The molecular formula is C31H40NO7P. The van der Waals surface area contributed by atoms with Crippen LogP contribution in [0.1, 0.15) is 48.8 Å². The Morgan fingerprint density at radius 2 is 1.48 bits per heavy atom. The summed E-state index contributed by atoms with van der Waals surface area (Å²) in [7, 11) is -3.01. The van der Waals surface area contributed by atoms with Crippen molar-refractivity contribution < 1.29 is 33.1 Å². The average molecular weight is 570 g/mol. The van der Waals surface area contributed by atoms with Gasteiger partial charge in [0.15, 0.2) is 0 Å². The van der Waals surface area contributed by atoms with Crippen LogP contribution in [0, 0.1) is 0 Å². The molecule has 2 N–H and O–H groups in total. The first-order valence-electron chi connectivity index (χ1n) is 13.7. The van der Waals surface area contributed by atoms with Crippen LogP contribution in [0.5, 0.6) is 11.5 Å². The van der Waals surface area contributed by atoms with E-state index >= 15 is 0 Å². The molecule has 0 aliphatic rings. The molecule has 0 unspecified atom stereocenters. The number of aryl methyl sites for hydroxylation is 2. The fraction of sp³-hybridized carbons (Fsp3) is 0.387. The molecule has 3 aromatic rings. The van der Waals surface area contributed by atoms with Crippen molar-refractivity contribution in [2.45, 2.75) is 51.5 Å². The predicted octanol–water partition coefficient (Wildman–Crippen LogP) is 5.95. The molecule has 0 bridgehead atoms. The number of phosphoric ester groups is 1. The number of amides is 1. The summed E-state index contributed by atoms with van der Waals surface area (Å²) in [4.78, 5) is 32.5. The van der Waals surface area contributed by atoms with E-state index in [9.17, 15) is 9.36 Å². The molecule has 0 radical (unpaired) electrons. The van der Waals surface area contributed by atoms with E-state index in [0.717, 1.165) is 43.4 Å². The summed E-state index contributed by atoms with van der Waals surface area (Å²) in [5, 5.41) is 0. The molecule has 0 spiro atoms. The molecule has 9 heteroatoms. The van der Waals surface area contributed by atoms with Crippen LogP contribution in [-0.2, 0) is 33.3 Å². The maximum atomic E-state index is 13.0. The highest BCUT2D eigenvalue weighted by Crippen LogP contribution is 2.35. The number of unbranched alkanes of at least 4 members (excludes halogenated alkanes) is 2. The summed E-state index contributed by atoms with van der Waals surface area (Å²) in [6, 6.07) is 25.9. The topological polar surface area (TPSA) is 106 Å². The van der Waals surface area contributed by atoms with Crippen LogP contribution < -0.4 is 9.47 Å². The second-order valence-corrected chi connectivity index (χ2v) is 10.9. The van der Waals surface area contributed by atoms with Gasteiger partial charge in [0.25, 0.3) is 0 Å². The van der Waals surface area contributed by atoms with Gasteiger partial charge in [-0.2, -0.15) is 0 Å². The first-order chi connectivity index (χ1) is 19.3. The third-order valence-corrected chi connectivity index (χ3v) is 7.00. The molecule has 1 amide bonds. The fourth-order valence-corrected chi connectivity index (χ4v) is 4.65. The molecule has 3 rings (SSSR count). The first-order valence-corrected chi connectivity index (χ1v) is 15.2. The Morgan fingerprint density at radius 1 is 0.775 bits per heavy atom. The van der Waals surface area contributed by atoms with E-state index in [-0.39, 0.29) is 19.1 Å². The number of nitrogens with zero attached hydrogens (tertiary/aromatic N) is 1. The van der Waals surface area contributed by atoms with Crippen molar-refractivity contribution in [1.29, 1.82) is 0 Å². The Bertz CT molecular complexity index is 1200. The molecule has 0 aliphatic heterocycles. The normalized spacial score (nSPS) is 11.3. The lowest BCUT2D eigenvalue weighted by molar-refractivity contribution is -0.132. The molecule has 8 nitrogen and oxygen atoms in total. The molecule has 0 fully saturated rings. The van der Waals surface area contributed by atoms with Crippen molar-refractivity contribution in [2.24, 2.45) is 0 Å². The van der Waals surface area contributed by atoms with Crippen LogP contribution in [0.4, 0.5) is 0 Å². The van der Waals surface area contributed by atoms with E-state index < -0.39 is 7.82 Å². The number of hydrogen-bond acceptors (Lipinski definition) is 5. The first kappa shape index (κ1) is 31.4. The van der Waals surface area contributed by atoms with Crippen LogP contribution in [0.25, 0.3) is 0 Å². The molecule has 0 aromatic heterocycles. The Labute approximate surface area is 237 Å². The van der Waals surface area contributed by atoms with Crippen LogP contribution in [-0.4, -0.2) is 47.5 Å². The van der Waals surface area contributed by atoms with Crippen molar-refractivity contribution in [2.75, 3.05) is 26.9 Å². The molecular weight excluding hydrogens is 529 g/mol. The van der Waals surface area contributed by atoms with Crippen molar-refractivity contribution >= 4 is 13.7 Å². The Morgan fingerprint density at radius 3 is 2.20 bits per heavy atom. The quantitative estimate of drug-likeness (QED) is 0.144. The van der Waals surface area contributed by atoms with Gasteiger partial charge in [0.05, 0.1) is 20.3 Å². The molecule has 40 heavy (non-hydrogen) atoms. The second-order valence-electron chi connectivity index (χ2n) is 9.63. The number of carbonyl (C=O) groups excluding carboxylic acids is 1. The van der Waals surface area contributed by atoms with E-state index in [1.165, 1.54) is 11.1 Å². The zero-order valence-corrected chi connectivity index (χ0v) is 24.0. The van der Waals surface area contributed by atoms with Crippen molar-refractivity contribution in [3.05, 3.63) is 95.6 Å². The van der Waals surface area contributed by atoms with Crippen LogP contribution >= 0.6 is 7.82 Å². The fourth-order valence-electron chi connectivity index (χ4n) is 4.33. The number of ether oxygens (including phenoxy) is 2. The number of methoxy groups -OCH3 is 1. The van der Waals surface area contributed by atoms with Crippen LogP contribution in [0.3, 0.4) is 0 Å². The minimum absolute atomic E-state index is 0.0840. The summed E-state index contributed by atoms with van der Waals surface area (Å²) < 4.78 is 26.8. The largest absolute Gasteiger partial charge is 0.497 e. The number of phosphoric acid groups is 1. The summed E-state index contributed by atoms with van der Waals surface area (Å²) in [5.41, 5.74) is 3.41. The van der Waals surface area contributed by atoms with Gasteiger partial charge in [0, 0.05) is 19.5 Å². The number of rotatable bonds is 18. The summed E-state index contributed by atoms with van der Waals surface area (Å²) in [6.45, 7) is 0.838. The maximum absolute atomic E-state index is 13.0. The van der Waals surface area contributed by atoms with Crippen LogP contribution in [0.15, 0.2) is 78.9 Å². The third kappa shape index (κ3) is 12.3. The van der Waals surface area contributed by atoms with E-state index in [4.69, 9.17) is 19.3 Å². The van der Waals surface area contributed by atoms with Gasteiger partial charge in [-0.3, -0.25) is 9.32 Å². The molecule has 216 valence electrons. The van der Waals surface area contributed by atoms with Gasteiger partial charge in [-0.05, 0) is 79.5 Å². The Hall–Kier alpha value is -3.16. The standard InChI is InChI=1S/C31H40NO7P/c1-37-29-19-17-28(18-20-29)25-32(21-23-39-40(34,35)36)31(33)16-6-5-13-27-14-9-15-30(24-27)38-22-8-7-12-26-10-3-2-4-11-26/h2-4,9-11,14-15,17-20,24H,5-8,12-13,16,21-23,25H2,1H3,(H2,34,35,36). The van der Waals surface area contributed by atoms with Crippen molar-refractivity contribution in [3.8, 4) is 11.5 Å². The molecule has 0 aliphatic carbocycles. The third-order valence-electron chi connectivity index (χ3n) is 6.48. The molecule has 0 saturated carbocycles. The maximum Gasteiger partial charge on any atom is 0.469 e. The Kier molecular flexibility index (Phi) is 13.2. The Balaban J connectivity index is 1.41. The lowest BCUT2D eigenvalue weighted by Crippen LogP contribution is -2.33. The van der Waals surface area contributed by atoms with E-state index in [2.05, 4.69) is 40.9 Å². The summed E-state index contributed by atoms with van der Waals surface area (Å²) >= 11 is 0. The lowest BCUT2D eigenvalue weighted by Gasteiger charge is -2.23.